The van der Waals surface area contributed by atoms with Gasteiger partial charge in [-0.15, -0.1) is 0 Å². The third kappa shape index (κ3) is 6.20. The molecular weight excluding hydrogens is 415 g/mol. The van der Waals surface area contributed by atoms with Crippen LogP contribution in [0.5, 0.6) is 0 Å². The summed E-state index contributed by atoms with van der Waals surface area (Å²) in [6.07, 6.45) is 3.23. The molecule has 4 rings (SSSR count). The molecule has 5 nitrogen and oxygen atoms in total. The van der Waals surface area contributed by atoms with Gasteiger partial charge in [0.05, 0.1) is 0 Å². The van der Waals surface area contributed by atoms with Gasteiger partial charge >= 0.3 is 0 Å². The number of nitrogens with zero attached hydrogens (tertiary/aromatic N) is 4. The summed E-state index contributed by atoms with van der Waals surface area (Å²) < 4.78 is 18.7. The fraction of sp³-hybridized carbons (Fsp3) is 0.208. The van der Waals surface area contributed by atoms with Crippen molar-refractivity contribution in [2.24, 2.45) is 0 Å². The van der Waals surface area contributed by atoms with Crippen molar-refractivity contribution < 1.29 is 8.91 Å². The number of pyridine rings is 1. The number of benzene rings is 2. The molecule has 0 amide bonds. The van der Waals surface area contributed by atoms with Gasteiger partial charge in [-0.3, -0.25) is 9.88 Å². The molecular formula is C24H22ClFN4O. The van der Waals surface area contributed by atoms with Crippen molar-refractivity contribution in [3.8, 4) is 11.4 Å². The second-order valence-corrected chi connectivity index (χ2v) is 7.68. The monoisotopic (exact) mass is 436 g/mol. The molecule has 0 N–H and O–H groups in total. The van der Waals surface area contributed by atoms with Gasteiger partial charge in [-0.1, -0.05) is 47.1 Å². The van der Waals surface area contributed by atoms with E-state index in [9.17, 15) is 4.39 Å². The van der Waals surface area contributed by atoms with E-state index in [-0.39, 0.29) is 5.82 Å². The maximum absolute atomic E-state index is 13.3. The van der Waals surface area contributed by atoms with E-state index >= 15 is 0 Å². The minimum atomic E-state index is -0.233. The second kappa shape index (κ2) is 10.3. The van der Waals surface area contributed by atoms with Crippen LogP contribution in [-0.2, 0) is 19.4 Å². The summed E-state index contributed by atoms with van der Waals surface area (Å²) >= 11 is 6.05. The van der Waals surface area contributed by atoms with E-state index in [1.165, 1.54) is 12.1 Å². The largest absolute Gasteiger partial charge is 0.339 e. The van der Waals surface area contributed by atoms with Gasteiger partial charge in [-0.05, 0) is 42.0 Å². The zero-order valence-electron chi connectivity index (χ0n) is 16.9. The van der Waals surface area contributed by atoms with Gasteiger partial charge in [-0.25, -0.2) is 4.39 Å². The minimum Gasteiger partial charge on any atom is -0.339 e. The van der Waals surface area contributed by atoms with Gasteiger partial charge in [0.15, 0.2) is 0 Å². The number of halogens is 2. The van der Waals surface area contributed by atoms with E-state index in [4.69, 9.17) is 16.1 Å². The standard InChI is InChI=1S/C24H22ClFN4O/c25-20-5-3-4-19(16-20)24-28-23(31-29-24)12-15-30(14-11-22-6-1-2-13-27-22)17-18-7-9-21(26)10-8-18/h1-10,13,16H,11-12,14-15,17H2. The Morgan fingerprint density at radius 2 is 1.77 bits per heavy atom. The molecule has 0 unspecified atom stereocenters. The van der Waals surface area contributed by atoms with Gasteiger partial charge in [0.1, 0.15) is 5.82 Å². The third-order valence-corrected chi connectivity index (χ3v) is 5.16. The van der Waals surface area contributed by atoms with Crippen LogP contribution in [0.1, 0.15) is 17.1 Å². The van der Waals surface area contributed by atoms with Crippen LogP contribution in [-0.4, -0.2) is 33.1 Å². The molecule has 158 valence electrons. The van der Waals surface area contributed by atoms with Crippen LogP contribution in [0.25, 0.3) is 11.4 Å². The highest BCUT2D eigenvalue weighted by atomic mass is 35.5. The molecule has 2 aromatic heterocycles. The predicted molar refractivity (Wildman–Crippen MR) is 118 cm³/mol. The Balaban J connectivity index is 1.41. The van der Waals surface area contributed by atoms with Crippen LogP contribution in [0.3, 0.4) is 0 Å². The minimum absolute atomic E-state index is 0.233. The highest BCUT2D eigenvalue weighted by molar-refractivity contribution is 6.30. The quantitative estimate of drug-likeness (QED) is 0.360. The fourth-order valence-electron chi connectivity index (χ4n) is 3.29. The van der Waals surface area contributed by atoms with Crippen LogP contribution < -0.4 is 0 Å². The Kier molecular flexibility index (Phi) is 7.02. The molecule has 7 heteroatoms. The second-order valence-electron chi connectivity index (χ2n) is 7.25. The summed E-state index contributed by atoms with van der Waals surface area (Å²) in [5, 5.41) is 4.71. The number of aromatic nitrogens is 3. The average molecular weight is 437 g/mol. The molecule has 0 atom stereocenters. The first-order valence-corrected chi connectivity index (χ1v) is 10.5. The SMILES string of the molecule is Fc1ccc(CN(CCc2ccccn2)CCc2nc(-c3cccc(Cl)c3)no2)cc1. The topological polar surface area (TPSA) is 55.1 Å². The molecule has 0 aliphatic rings. The van der Waals surface area contributed by atoms with Crippen LogP contribution in [0, 0.1) is 5.82 Å². The highest BCUT2D eigenvalue weighted by Gasteiger charge is 2.13. The summed E-state index contributed by atoms with van der Waals surface area (Å²) in [5.41, 5.74) is 2.90. The van der Waals surface area contributed by atoms with E-state index < -0.39 is 0 Å². The number of rotatable bonds is 9. The van der Waals surface area contributed by atoms with E-state index in [0.717, 1.165) is 36.3 Å². The van der Waals surface area contributed by atoms with Crippen molar-refractivity contribution in [1.29, 1.82) is 0 Å². The van der Waals surface area contributed by atoms with Crippen LogP contribution in [0.15, 0.2) is 77.4 Å². The Morgan fingerprint density at radius 3 is 2.55 bits per heavy atom. The first-order chi connectivity index (χ1) is 15.2. The lowest BCUT2D eigenvalue weighted by molar-refractivity contribution is 0.257. The molecule has 0 saturated carbocycles. The van der Waals surface area contributed by atoms with Crippen LogP contribution in [0.2, 0.25) is 5.02 Å². The molecule has 0 aliphatic heterocycles. The fourth-order valence-corrected chi connectivity index (χ4v) is 3.48. The van der Waals surface area contributed by atoms with E-state index in [1.807, 2.05) is 48.5 Å². The molecule has 0 saturated heterocycles. The zero-order chi connectivity index (χ0) is 21.5. The van der Waals surface area contributed by atoms with Crippen molar-refractivity contribution in [2.75, 3.05) is 13.1 Å². The average Bonchev–Trinajstić information content (AvgIpc) is 3.27. The Morgan fingerprint density at radius 1 is 0.935 bits per heavy atom. The van der Waals surface area contributed by atoms with Crippen LogP contribution in [0.4, 0.5) is 4.39 Å². The van der Waals surface area contributed by atoms with E-state index in [0.29, 0.717) is 29.7 Å². The van der Waals surface area contributed by atoms with Crippen LogP contribution >= 0.6 is 11.6 Å². The Labute approximate surface area is 185 Å². The molecule has 31 heavy (non-hydrogen) atoms. The van der Waals surface area contributed by atoms with Crippen molar-refractivity contribution in [3.05, 3.63) is 101 Å². The third-order valence-electron chi connectivity index (χ3n) is 4.92. The molecule has 0 bridgehead atoms. The smallest absolute Gasteiger partial charge is 0.228 e. The summed E-state index contributed by atoms with van der Waals surface area (Å²) in [4.78, 5) is 11.2. The highest BCUT2D eigenvalue weighted by Crippen LogP contribution is 2.20. The van der Waals surface area contributed by atoms with Crippen molar-refractivity contribution in [2.45, 2.75) is 19.4 Å². The van der Waals surface area contributed by atoms with Gasteiger partial charge in [0, 0.05) is 55.0 Å². The normalized spacial score (nSPS) is 11.2. The number of hydrogen-bond donors (Lipinski definition) is 0. The predicted octanol–water partition coefficient (Wildman–Crippen LogP) is 5.21. The summed E-state index contributed by atoms with van der Waals surface area (Å²) in [6, 6.07) is 19.9. The Bertz CT molecular complexity index is 1100. The first kappa shape index (κ1) is 21.2. The van der Waals surface area contributed by atoms with Gasteiger partial charge < -0.3 is 4.52 Å². The zero-order valence-corrected chi connectivity index (χ0v) is 17.7. The van der Waals surface area contributed by atoms with E-state index in [1.54, 1.807) is 12.3 Å². The van der Waals surface area contributed by atoms with Gasteiger partial charge in [0.2, 0.25) is 11.7 Å². The van der Waals surface area contributed by atoms with Gasteiger partial charge in [0.25, 0.3) is 0 Å². The Hall–Kier alpha value is -3.09. The summed E-state index contributed by atoms with van der Waals surface area (Å²) in [6.45, 7) is 2.23. The first-order valence-electron chi connectivity index (χ1n) is 10.1. The lowest BCUT2D eigenvalue weighted by Gasteiger charge is -2.21. The molecule has 0 spiro atoms. The molecule has 0 radical (unpaired) electrons. The molecule has 0 fully saturated rings. The lowest BCUT2D eigenvalue weighted by atomic mass is 10.2. The molecule has 2 heterocycles. The van der Waals surface area contributed by atoms with Crippen molar-refractivity contribution >= 4 is 11.6 Å². The molecule has 4 aromatic rings. The van der Waals surface area contributed by atoms with E-state index in [2.05, 4.69) is 20.0 Å². The summed E-state index contributed by atoms with van der Waals surface area (Å²) in [5.74, 6) is 0.858. The lowest BCUT2D eigenvalue weighted by Crippen LogP contribution is -2.28. The maximum Gasteiger partial charge on any atom is 0.228 e. The van der Waals surface area contributed by atoms with Crippen molar-refractivity contribution in [3.63, 3.8) is 0 Å². The molecule has 2 aromatic carbocycles. The van der Waals surface area contributed by atoms with Crippen molar-refractivity contribution in [1.82, 2.24) is 20.0 Å². The van der Waals surface area contributed by atoms with Gasteiger partial charge in [-0.2, -0.15) is 4.98 Å². The number of hydrogen-bond acceptors (Lipinski definition) is 5. The molecule has 0 aliphatic carbocycles. The maximum atomic E-state index is 13.3. The summed E-state index contributed by atoms with van der Waals surface area (Å²) in [7, 11) is 0.